The lowest BCUT2D eigenvalue weighted by Gasteiger charge is -2.08. The molecule has 1 aromatic carbocycles. The van der Waals surface area contributed by atoms with Crippen molar-refractivity contribution in [1.29, 1.82) is 0 Å². The molecule has 2 heterocycles. The summed E-state index contributed by atoms with van der Waals surface area (Å²) >= 11 is 13.4. The topological polar surface area (TPSA) is 95.6 Å². The van der Waals surface area contributed by atoms with Gasteiger partial charge in [-0.25, -0.2) is 4.98 Å². The van der Waals surface area contributed by atoms with Crippen molar-refractivity contribution in [3.63, 3.8) is 0 Å². The summed E-state index contributed by atoms with van der Waals surface area (Å²) in [5.74, 6) is 0.829. The van der Waals surface area contributed by atoms with Crippen molar-refractivity contribution in [3.8, 4) is 0 Å². The molecule has 0 atom stereocenters. The molecule has 0 spiro atoms. The van der Waals surface area contributed by atoms with Crippen molar-refractivity contribution >= 4 is 51.9 Å². The molecule has 0 amide bonds. The van der Waals surface area contributed by atoms with Crippen LogP contribution in [0.4, 0.5) is 10.2 Å². The second-order valence-corrected chi connectivity index (χ2v) is 8.59. The van der Waals surface area contributed by atoms with Gasteiger partial charge in [-0.05, 0) is 37.1 Å². The number of aryl methyl sites for hydroxylation is 1. The monoisotopic (exact) mass is 444 g/mol. The highest BCUT2D eigenvalue weighted by atomic mass is 35.5. The van der Waals surface area contributed by atoms with Crippen LogP contribution in [-0.4, -0.2) is 26.1 Å². The maximum Gasteiger partial charge on any atom is 0.312 e. The number of nitrogens with two attached hydrogens (primary N) is 2. The van der Waals surface area contributed by atoms with Crippen molar-refractivity contribution in [2.24, 2.45) is 11.7 Å². The Morgan fingerprint density at radius 1 is 1.11 bits per heavy atom. The van der Waals surface area contributed by atoms with E-state index >= 15 is 0 Å². The fraction of sp³-hybridized carbons (Fsp3) is 0.389. The average Bonchev–Trinajstić information content (AvgIpc) is 2.89. The van der Waals surface area contributed by atoms with E-state index in [0.717, 1.165) is 10.8 Å². The van der Waals surface area contributed by atoms with E-state index in [0.29, 0.717) is 45.9 Å². The standard InChI is InChI=1S/C14H13Cl2FN6S.C4H10/c15-7-4-8(16)6-9(5-7)24-14-20-10-11(19)21-13(17)22-12(10)23(14)3-1-2-18;1-4(2)3/h4-6H,1-3,18H2,(H2,19,21,22);4H,1-3H3. The SMILES string of the molecule is CC(C)C.NCCCn1c(Sc2cc(Cl)cc(Cl)c2)nc2c(N)nc(F)nc21. The molecule has 0 aliphatic carbocycles. The molecule has 0 fully saturated rings. The lowest BCUT2D eigenvalue weighted by Crippen LogP contribution is -2.08. The molecule has 0 saturated carbocycles. The van der Waals surface area contributed by atoms with E-state index in [-0.39, 0.29) is 5.82 Å². The summed E-state index contributed by atoms with van der Waals surface area (Å²) in [5.41, 5.74) is 12.0. The molecule has 0 aliphatic rings. The maximum atomic E-state index is 13.5. The number of fused-ring (bicyclic) bond motifs is 1. The Kier molecular flexibility index (Phi) is 8.30. The summed E-state index contributed by atoms with van der Waals surface area (Å²) < 4.78 is 15.3. The van der Waals surface area contributed by atoms with E-state index < -0.39 is 6.08 Å². The Morgan fingerprint density at radius 2 is 1.71 bits per heavy atom. The quantitative estimate of drug-likeness (QED) is 0.536. The summed E-state index contributed by atoms with van der Waals surface area (Å²) in [4.78, 5) is 12.6. The smallest absolute Gasteiger partial charge is 0.312 e. The lowest BCUT2D eigenvalue weighted by atomic mass is 10.3. The van der Waals surface area contributed by atoms with Gasteiger partial charge in [0.2, 0.25) is 0 Å². The number of benzene rings is 1. The fourth-order valence-electron chi connectivity index (χ4n) is 2.20. The van der Waals surface area contributed by atoms with Crippen LogP contribution in [0.15, 0.2) is 28.3 Å². The third-order valence-corrected chi connectivity index (χ3v) is 4.59. The Balaban J connectivity index is 0.000000640. The summed E-state index contributed by atoms with van der Waals surface area (Å²) in [7, 11) is 0. The molecule has 0 aliphatic heterocycles. The van der Waals surface area contributed by atoms with Gasteiger partial charge >= 0.3 is 6.08 Å². The van der Waals surface area contributed by atoms with Gasteiger partial charge in [0.1, 0.15) is 0 Å². The fourth-order valence-corrected chi connectivity index (χ4v) is 3.86. The van der Waals surface area contributed by atoms with Gasteiger partial charge in [-0.1, -0.05) is 55.7 Å². The molecule has 0 bridgehead atoms. The zero-order valence-corrected chi connectivity index (χ0v) is 18.2. The first-order valence-corrected chi connectivity index (χ1v) is 10.3. The van der Waals surface area contributed by atoms with E-state index in [9.17, 15) is 4.39 Å². The van der Waals surface area contributed by atoms with Gasteiger partial charge in [0.15, 0.2) is 22.1 Å². The number of hydrogen-bond donors (Lipinski definition) is 2. The second kappa shape index (κ2) is 10.2. The van der Waals surface area contributed by atoms with E-state index in [1.165, 1.54) is 11.8 Å². The van der Waals surface area contributed by atoms with Crippen LogP contribution in [0.1, 0.15) is 27.2 Å². The van der Waals surface area contributed by atoms with Gasteiger partial charge in [0, 0.05) is 21.5 Å². The van der Waals surface area contributed by atoms with Crippen LogP contribution in [-0.2, 0) is 6.54 Å². The van der Waals surface area contributed by atoms with Crippen LogP contribution in [0.2, 0.25) is 10.0 Å². The number of anilines is 1. The minimum atomic E-state index is -0.892. The first-order valence-electron chi connectivity index (χ1n) is 8.74. The average molecular weight is 445 g/mol. The Labute approximate surface area is 177 Å². The van der Waals surface area contributed by atoms with E-state index in [1.807, 2.05) is 0 Å². The number of imidazole rings is 1. The number of halogens is 3. The Bertz CT molecular complexity index is 924. The molecule has 6 nitrogen and oxygen atoms in total. The molecule has 4 N–H and O–H groups in total. The molecule has 0 unspecified atom stereocenters. The van der Waals surface area contributed by atoms with Crippen molar-refractivity contribution < 1.29 is 4.39 Å². The number of nitrogens with zero attached hydrogens (tertiary/aromatic N) is 4. The minimum absolute atomic E-state index is 0.00465. The first-order chi connectivity index (χ1) is 13.2. The summed E-state index contributed by atoms with van der Waals surface area (Å²) in [6.45, 7) is 7.51. The number of aromatic nitrogens is 4. The Morgan fingerprint density at radius 3 is 2.29 bits per heavy atom. The van der Waals surface area contributed by atoms with Crippen molar-refractivity contribution in [3.05, 3.63) is 34.3 Å². The predicted molar refractivity (Wildman–Crippen MR) is 114 cm³/mol. The minimum Gasteiger partial charge on any atom is -0.382 e. The molecule has 152 valence electrons. The molecular formula is C18H23Cl2FN6S. The first kappa shape index (κ1) is 22.7. The van der Waals surface area contributed by atoms with E-state index in [4.69, 9.17) is 34.7 Å². The highest BCUT2D eigenvalue weighted by molar-refractivity contribution is 7.99. The van der Waals surface area contributed by atoms with E-state index in [2.05, 4.69) is 35.7 Å². The largest absolute Gasteiger partial charge is 0.382 e. The van der Waals surface area contributed by atoms with Gasteiger partial charge in [-0.2, -0.15) is 14.4 Å². The third-order valence-electron chi connectivity index (χ3n) is 3.19. The molecule has 10 heteroatoms. The van der Waals surface area contributed by atoms with Gasteiger partial charge in [0.25, 0.3) is 0 Å². The van der Waals surface area contributed by atoms with Gasteiger partial charge in [-0.3, -0.25) is 0 Å². The molecule has 28 heavy (non-hydrogen) atoms. The van der Waals surface area contributed by atoms with Crippen LogP contribution >= 0.6 is 35.0 Å². The molecule has 2 aromatic heterocycles. The normalized spacial score (nSPS) is 11.0. The maximum absolute atomic E-state index is 13.5. The van der Waals surface area contributed by atoms with Crippen molar-refractivity contribution in [2.75, 3.05) is 12.3 Å². The summed E-state index contributed by atoms with van der Waals surface area (Å²) in [5, 5.41) is 1.61. The van der Waals surface area contributed by atoms with Gasteiger partial charge in [-0.15, -0.1) is 0 Å². The van der Waals surface area contributed by atoms with Crippen molar-refractivity contribution in [2.45, 2.75) is 43.8 Å². The second-order valence-electron chi connectivity index (χ2n) is 6.68. The van der Waals surface area contributed by atoms with Gasteiger partial charge in [0.05, 0.1) is 0 Å². The molecule has 3 aromatic rings. The van der Waals surface area contributed by atoms with Crippen LogP contribution in [0, 0.1) is 12.0 Å². The van der Waals surface area contributed by atoms with E-state index in [1.54, 1.807) is 22.8 Å². The predicted octanol–water partition coefficient (Wildman–Crippen LogP) is 5.02. The van der Waals surface area contributed by atoms with Crippen LogP contribution in [0.25, 0.3) is 11.2 Å². The molecule has 0 radical (unpaired) electrons. The number of rotatable bonds is 5. The zero-order chi connectivity index (χ0) is 20.8. The summed E-state index contributed by atoms with van der Waals surface area (Å²) in [6.07, 6.45) is -0.211. The molecular weight excluding hydrogens is 422 g/mol. The summed E-state index contributed by atoms with van der Waals surface area (Å²) in [6, 6.07) is 5.17. The van der Waals surface area contributed by atoms with Gasteiger partial charge < -0.3 is 16.0 Å². The highest BCUT2D eigenvalue weighted by Crippen LogP contribution is 2.34. The zero-order valence-electron chi connectivity index (χ0n) is 15.9. The number of nitrogen functional groups attached to an aromatic ring is 1. The lowest BCUT2D eigenvalue weighted by molar-refractivity contribution is 0.539. The third kappa shape index (κ3) is 6.20. The van der Waals surface area contributed by atoms with Crippen LogP contribution < -0.4 is 11.5 Å². The number of hydrogen-bond acceptors (Lipinski definition) is 6. The molecule has 0 saturated heterocycles. The highest BCUT2D eigenvalue weighted by Gasteiger charge is 2.17. The molecule has 3 rings (SSSR count). The van der Waals surface area contributed by atoms with Crippen LogP contribution in [0.3, 0.4) is 0 Å². The van der Waals surface area contributed by atoms with Crippen molar-refractivity contribution in [1.82, 2.24) is 19.5 Å². The van der Waals surface area contributed by atoms with Crippen LogP contribution in [0.5, 0.6) is 0 Å². The Hall–Kier alpha value is -1.61.